The third kappa shape index (κ3) is 2.85. The van der Waals surface area contributed by atoms with Gasteiger partial charge >= 0.3 is 0 Å². The van der Waals surface area contributed by atoms with Crippen LogP contribution in [-0.4, -0.2) is 24.5 Å². The minimum absolute atomic E-state index is 0.106. The molecule has 1 aliphatic rings. The van der Waals surface area contributed by atoms with E-state index in [1.807, 2.05) is 0 Å². The van der Waals surface area contributed by atoms with Crippen molar-refractivity contribution in [3.8, 4) is 0 Å². The van der Waals surface area contributed by atoms with E-state index in [0.717, 1.165) is 24.6 Å². The quantitative estimate of drug-likeness (QED) is 0.910. The van der Waals surface area contributed by atoms with Gasteiger partial charge in [0.15, 0.2) is 0 Å². The van der Waals surface area contributed by atoms with E-state index in [0.29, 0.717) is 11.6 Å². The van der Waals surface area contributed by atoms with Crippen molar-refractivity contribution in [1.82, 2.24) is 4.90 Å². The average Bonchev–Trinajstić information content (AvgIpc) is 2.81. The monoisotopic (exact) mass is 270 g/mol. The molecule has 0 spiro atoms. The summed E-state index contributed by atoms with van der Waals surface area (Å²) in [6.45, 7) is 4.85. The molecule has 2 rings (SSSR count). The lowest BCUT2D eigenvalue weighted by atomic mass is 10.0. The summed E-state index contributed by atoms with van der Waals surface area (Å²) in [5.74, 6) is 0.450. The first-order valence-corrected chi connectivity index (χ1v) is 6.92. The maximum atomic E-state index is 13.1. The van der Waals surface area contributed by atoms with E-state index in [1.165, 1.54) is 25.0 Å². The van der Waals surface area contributed by atoms with Crippen molar-refractivity contribution in [2.75, 3.05) is 19.6 Å². The van der Waals surface area contributed by atoms with Crippen molar-refractivity contribution in [2.45, 2.75) is 25.8 Å². The van der Waals surface area contributed by atoms with Crippen molar-refractivity contribution in [1.29, 1.82) is 0 Å². The van der Waals surface area contributed by atoms with Crippen LogP contribution < -0.4 is 5.73 Å². The van der Waals surface area contributed by atoms with Crippen LogP contribution in [0, 0.1) is 11.7 Å². The molecule has 0 amide bonds. The van der Waals surface area contributed by atoms with Crippen molar-refractivity contribution in [3.63, 3.8) is 0 Å². The Morgan fingerprint density at radius 3 is 2.89 bits per heavy atom. The highest BCUT2D eigenvalue weighted by Gasteiger charge is 2.28. The summed E-state index contributed by atoms with van der Waals surface area (Å²) in [5, 5.41) is 0.477. The number of hydrogen-bond donors (Lipinski definition) is 1. The minimum Gasteiger partial charge on any atom is -0.329 e. The van der Waals surface area contributed by atoms with Crippen LogP contribution in [0.15, 0.2) is 18.2 Å². The van der Waals surface area contributed by atoms with Gasteiger partial charge in [-0.25, -0.2) is 4.39 Å². The smallest absolute Gasteiger partial charge is 0.124 e. The first-order chi connectivity index (χ1) is 8.65. The van der Waals surface area contributed by atoms with E-state index in [2.05, 4.69) is 11.8 Å². The number of rotatable bonds is 4. The Bertz CT molecular complexity index is 411. The van der Waals surface area contributed by atoms with Gasteiger partial charge in [-0.1, -0.05) is 31.0 Å². The second kappa shape index (κ2) is 6.00. The second-order valence-electron chi connectivity index (χ2n) is 4.98. The average molecular weight is 271 g/mol. The third-order valence-electron chi connectivity index (χ3n) is 3.88. The molecule has 0 saturated carbocycles. The number of nitrogens with zero attached hydrogens (tertiary/aromatic N) is 1. The molecule has 0 aromatic heterocycles. The fraction of sp³-hybridized carbons (Fsp3) is 0.571. The molecule has 100 valence electrons. The summed E-state index contributed by atoms with van der Waals surface area (Å²) in [7, 11) is 0. The molecule has 2 unspecified atom stereocenters. The molecule has 1 saturated heterocycles. The van der Waals surface area contributed by atoms with E-state index in [-0.39, 0.29) is 11.9 Å². The van der Waals surface area contributed by atoms with Gasteiger partial charge in [0.1, 0.15) is 5.82 Å². The summed E-state index contributed by atoms with van der Waals surface area (Å²) in [5.41, 5.74) is 6.83. The summed E-state index contributed by atoms with van der Waals surface area (Å²) in [6, 6.07) is 4.69. The largest absolute Gasteiger partial charge is 0.329 e. The molecule has 0 aliphatic carbocycles. The third-order valence-corrected chi connectivity index (χ3v) is 4.21. The van der Waals surface area contributed by atoms with Crippen LogP contribution in [0.3, 0.4) is 0 Å². The Hall–Kier alpha value is -0.640. The molecule has 2 atom stereocenters. The molecule has 0 radical (unpaired) electrons. The molecule has 1 aromatic carbocycles. The zero-order valence-electron chi connectivity index (χ0n) is 10.7. The normalized spacial score (nSPS) is 22.3. The standard InChI is InChI=1S/C14H20ClFN2/c1-2-10-5-6-18(9-10)14(8-17)12-4-3-11(16)7-13(12)15/h3-4,7,10,14H,2,5-6,8-9,17H2,1H3. The van der Waals surface area contributed by atoms with E-state index in [9.17, 15) is 4.39 Å². The molecule has 18 heavy (non-hydrogen) atoms. The molecule has 1 aromatic rings. The number of nitrogens with two attached hydrogens (primary N) is 1. The molecule has 1 fully saturated rings. The zero-order chi connectivity index (χ0) is 13.1. The van der Waals surface area contributed by atoms with Gasteiger partial charge in [0, 0.05) is 24.2 Å². The summed E-state index contributed by atoms with van der Waals surface area (Å²) in [4.78, 5) is 2.37. The van der Waals surface area contributed by atoms with Crippen molar-refractivity contribution < 1.29 is 4.39 Å². The lowest BCUT2D eigenvalue weighted by Gasteiger charge is -2.27. The predicted molar refractivity (Wildman–Crippen MR) is 73.2 cm³/mol. The molecule has 1 aliphatic heterocycles. The highest BCUT2D eigenvalue weighted by Crippen LogP contribution is 2.32. The maximum absolute atomic E-state index is 13.1. The fourth-order valence-electron chi connectivity index (χ4n) is 2.72. The van der Waals surface area contributed by atoms with Crippen LogP contribution in [0.1, 0.15) is 31.4 Å². The lowest BCUT2D eigenvalue weighted by molar-refractivity contribution is 0.241. The van der Waals surface area contributed by atoms with Gasteiger partial charge in [-0.15, -0.1) is 0 Å². The molecular weight excluding hydrogens is 251 g/mol. The number of benzene rings is 1. The number of hydrogen-bond acceptors (Lipinski definition) is 2. The van der Waals surface area contributed by atoms with Gasteiger partial charge in [0.2, 0.25) is 0 Å². The highest BCUT2D eigenvalue weighted by atomic mass is 35.5. The first-order valence-electron chi connectivity index (χ1n) is 6.54. The Morgan fingerprint density at radius 1 is 1.56 bits per heavy atom. The van der Waals surface area contributed by atoms with E-state index in [4.69, 9.17) is 17.3 Å². The summed E-state index contributed by atoms with van der Waals surface area (Å²) >= 11 is 6.13. The Labute approximate surface area is 113 Å². The minimum atomic E-state index is -0.299. The van der Waals surface area contributed by atoms with Crippen LogP contribution >= 0.6 is 11.6 Å². The summed E-state index contributed by atoms with van der Waals surface area (Å²) < 4.78 is 13.1. The van der Waals surface area contributed by atoms with E-state index < -0.39 is 0 Å². The molecular formula is C14H20ClFN2. The van der Waals surface area contributed by atoms with Crippen LogP contribution in [-0.2, 0) is 0 Å². The van der Waals surface area contributed by atoms with E-state index >= 15 is 0 Å². The van der Waals surface area contributed by atoms with E-state index in [1.54, 1.807) is 6.07 Å². The van der Waals surface area contributed by atoms with Gasteiger partial charge in [0.25, 0.3) is 0 Å². The first kappa shape index (κ1) is 13.8. The van der Waals surface area contributed by atoms with Crippen molar-refractivity contribution in [2.24, 2.45) is 11.7 Å². The fourth-order valence-corrected chi connectivity index (χ4v) is 3.02. The molecule has 2 N–H and O–H groups in total. The molecule has 4 heteroatoms. The van der Waals surface area contributed by atoms with Crippen molar-refractivity contribution >= 4 is 11.6 Å². The number of likely N-dealkylation sites (tertiary alicyclic amines) is 1. The summed E-state index contributed by atoms with van der Waals surface area (Å²) in [6.07, 6.45) is 2.41. The van der Waals surface area contributed by atoms with Crippen molar-refractivity contribution in [3.05, 3.63) is 34.6 Å². The second-order valence-corrected chi connectivity index (χ2v) is 5.38. The highest BCUT2D eigenvalue weighted by molar-refractivity contribution is 6.31. The van der Waals surface area contributed by atoms with Crippen LogP contribution in [0.25, 0.3) is 0 Å². The number of halogens is 2. The Morgan fingerprint density at radius 2 is 2.33 bits per heavy atom. The van der Waals surface area contributed by atoms with Gasteiger partial charge in [-0.3, -0.25) is 4.90 Å². The van der Waals surface area contributed by atoms with Crippen LogP contribution in [0.5, 0.6) is 0 Å². The van der Waals surface area contributed by atoms with Gasteiger partial charge in [-0.05, 0) is 36.6 Å². The van der Waals surface area contributed by atoms with Crippen LogP contribution in [0.2, 0.25) is 5.02 Å². The Kier molecular flexibility index (Phi) is 4.60. The molecule has 0 bridgehead atoms. The SMILES string of the molecule is CCC1CCN(C(CN)c2ccc(F)cc2Cl)C1. The predicted octanol–water partition coefficient (Wildman–Crippen LogP) is 3.21. The van der Waals surface area contributed by atoms with Crippen LogP contribution in [0.4, 0.5) is 4.39 Å². The molecule has 1 heterocycles. The van der Waals surface area contributed by atoms with Gasteiger partial charge < -0.3 is 5.73 Å². The Balaban J connectivity index is 2.18. The zero-order valence-corrected chi connectivity index (χ0v) is 11.5. The van der Waals surface area contributed by atoms with Gasteiger partial charge in [-0.2, -0.15) is 0 Å². The topological polar surface area (TPSA) is 29.3 Å². The maximum Gasteiger partial charge on any atom is 0.124 e. The van der Waals surface area contributed by atoms with Gasteiger partial charge in [0.05, 0.1) is 0 Å². The lowest BCUT2D eigenvalue weighted by Crippen LogP contribution is -2.32. The molecule has 2 nitrogen and oxygen atoms in total.